The molecule has 3 rings (SSSR count). The molecule has 1 heterocycles. The highest BCUT2D eigenvalue weighted by molar-refractivity contribution is 5.97. The molecule has 0 aromatic heterocycles. The number of aliphatic hydroxyl groups is 1. The first-order valence-corrected chi connectivity index (χ1v) is 23.5. The first-order chi connectivity index (χ1) is 30.5. The zero-order valence-electron chi connectivity index (χ0n) is 39.1. The van der Waals surface area contributed by atoms with Gasteiger partial charge in [-0.3, -0.25) is 33.6 Å². The van der Waals surface area contributed by atoms with Crippen molar-refractivity contribution in [3.63, 3.8) is 0 Å². The molecule has 64 heavy (non-hydrogen) atoms. The minimum atomic E-state index is -1.27. The summed E-state index contributed by atoms with van der Waals surface area (Å²) in [6, 6.07) is 4.50. The molecule has 2 aromatic rings. The van der Waals surface area contributed by atoms with Crippen molar-refractivity contribution >= 4 is 41.0 Å². The summed E-state index contributed by atoms with van der Waals surface area (Å²) in [5, 5.41) is 37.2. The summed E-state index contributed by atoms with van der Waals surface area (Å²) < 4.78 is 0. The summed E-state index contributed by atoms with van der Waals surface area (Å²) in [7, 11) is 2.85. The van der Waals surface area contributed by atoms with Gasteiger partial charge in [0.05, 0.1) is 18.7 Å². The van der Waals surface area contributed by atoms with Gasteiger partial charge < -0.3 is 35.8 Å². The molecule has 4 bridgehead atoms. The highest BCUT2D eigenvalue weighted by Crippen LogP contribution is 2.39. The highest BCUT2D eigenvalue weighted by atomic mass is 16.3. The van der Waals surface area contributed by atoms with Gasteiger partial charge in [-0.05, 0) is 55.2 Å². The quantitative estimate of drug-likeness (QED) is 0.0643. The monoisotopic (exact) mass is 891 g/mol. The number of amides is 4. The van der Waals surface area contributed by atoms with Crippen LogP contribution in [0, 0.1) is 5.92 Å². The van der Waals surface area contributed by atoms with Crippen LogP contribution in [0.25, 0.3) is 11.1 Å². The Balaban J connectivity index is 1.61. The molecule has 354 valence electrons. The summed E-state index contributed by atoms with van der Waals surface area (Å²) in [4.78, 5) is 96.0. The second-order valence-electron chi connectivity index (χ2n) is 17.6. The van der Waals surface area contributed by atoms with Gasteiger partial charge in [0, 0.05) is 63.2 Å². The third-order valence-corrected chi connectivity index (χ3v) is 12.5. The van der Waals surface area contributed by atoms with Crippen molar-refractivity contribution in [2.75, 3.05) is 20.7 Å². The van der Waals surface area contributed by atoms with Crippen molar-refractivity contribution in [3.8, 4) is 22.6 Å². The molecule has 0 aliphatic carbocycles. The molecule has 0 spiro atoms. The van der Waals surface area contributed by atoms with E-state index in [1.807, 2.05) is 0 Å². The van der Waals surface area contributed by atoms with E-state index in [4.69, 9.17) is 0 Å². The van der Waals surface area contributed by atoms with Crippen LogP contribution in [0.1, 0.15) is 160 Å². The van der Waals surface area contributed by atoms with Gasteiger partial charge in [0.1, 0.15) is 23.6 Å². The Morgan fingerprint density at radius 1 is 0.750 bits per heavy atom. The van der Waals surface area contributed by atoms with Gasteiger partial charge in [0.2, 0.25) is 23.6 Å². The molecule has 4 amide bonds. The second-order valence-corrected chi connectivity index (χ2v) is 17.6. The van der Waals surface area contributed by atoms with Crippen LogP contribution in [0.2, 0.25) is 0 Å². The van der Waals surface area contributed by atoms with Gasteiger partial charge in [-0.15, -0.1) is 0 Å². The number of Topliss-reactive ketones (excluding diaryl/α,β-unsaturated/α-hetero) is 3. The van der Waals surface area contributed by atoms with E-state index in [0.717, 1.165) is 19.3 Å². The van der Waals surface area contributed by atoms with Crippen molar-refractivity contribution in [1.29, 1.82) is 0 Å². The first kappa shape index (κ1) is 53.2. The molecule has 1 aliphatic rings. The maximum atomic E-state index is 14.1. The number of rotatable bonds is 25. The Labute approximate surface area is 379 Å². The average Bonchev–Trinajstić information content (AvgIpc) is 3.27. The third-order valence-electron chi connectivity index (χ3n) is 12.5. The maximum absolute atomic E-state index is 14.1. The van der Waals surface area contributed by atoms with Gasteiger partial charge in [-0.25, -0.2) is 0 Å². The number of aromatic hydroxyl groups is 2. The predicted molar refractivity (Wildman–Crippen MR) is 246 cm³/mol. The largest absolute Gasteiger partial charge is 0.507 e. The topological polar surface area (TPSA) is 211 Å². The number of likely N-dealkylation sites (N-methyl/N-ethyl adjacent to an activating group) is 2. The van der Waals surface area contributed by atoms with Crippen molar-refractivity contribution in [3.05, 3.63) is 47.5 Å². The highest BCUT2D eigenvalue weighted by Gasteiger charge is 2.34. The number of nitrogens with zero attached hydrogens (tertiary/aromatic N) is 2. The van der Waals surface area contributed by atoms with Crippen LogP contribution in [-0.4, -0.2) is 105 Å². The molecular weight excluding hydrogens is 817 g/mol. The predicted octanol–water partition coefficient (Wildman–Crippen LogP) is 7.03. The Kier molecular flexibility index (Phi) is 22.7. The SMILES string of the molecule is CCCCCCCCCCCCCCCC(=O)N(C)[C@H](CO)C(=O)N[C@H](C)C(=O)CCC(=O)N(C)[C@@H]1C(=O)C[C@@H](C)C(=O)N[C@H](C(=O)CC)Cc2ccc(O)c(c2)-c2cc1ccc2O. The molecule has 0 saturated carbocycles. The standard InChI is InChI=1S/C50H74N4O10/c1-7-9-10-11-12-13-14-15-16-17-18-19-20-21-46(61)53(5)40(32-55)50(64)51-34(4)42(57)26-27-47(62)54(6)48-36-23-25-44(59)38(31-36)37-29-35(22-24-43(37)58)30-39(41(56)8-2)52-49(63)33(3)28-45(48)60/h22-25,29,31,33-34,39-40,48,55,58-59H,7-21,26-28,30,32H2,1-6H3,(H,51,64)(H,52,63)/t33-,34-,39+,40-,48+/m1/s1. The fourth-order valence-corrected chi connectivity index (χ4v) is 8.22. The van der Waals surface area contributed by atoms with Gasteiger partial charge in [-0.1, -0.05) is 110 Å². The van der Waals surface area contributed by atoms with Crippen LogP contribution in [0.15, 0.2) is 36.4 Å². The lowest BCUT2D eigenvalue weighted by Gasteiger charge is -2.30. The van der Waals surface area contributed by atoms with E-state index in [-0.39, 0.29) is 78.4 Å². The van der Waals surface area contributed by atoms with Gasteiger partial charge >= 0.3 is 0 Å². The van der Waals surface area contributed by atoms with E-state index < -0.39 is 66.0 Å². The van der Waals surface area contributed by atoms with E-state index in [1.54, 1.807) is 26.0 Å². The summed E-state index contributed by atoms with van der Waals surface area (Å²) in [5.41, 5.74) is 1.29. The summed E-state index contributed by atoms with van der Waals surface area (Å²) in [6.45, 7) is 6.26. The lowest BCUT2D eigenvalue weighted by molar-refractivity contribution is -0.142. The Hall–Kier alpha value is -5.11. The van der Waals surface area contributed by atoms with Crippen LogP contribution in [0.4, 0.5) is 0 Å². The molecule has 0 fully saturated rings. The van der Waals surface area contributed by atoms with E-state index in [1.165, 1.54) is 113 Å². The lowest BCUT2D eigenvalue weighted by Crippen LogP contribution is -2.53. The molecule has 0 saturated heterocycles. The average molecular weight is 891 g/mol. The molecule has 0 unspecified atom stereocenters. The third kappa shape index (κ3) is 16.2. The minimum Gasteiger partial charge on any atom is -0.507 e. The number of unbranched alkanes of at least 4 members (excludes halogenated alkanes) is 12. The van der Waals surface area contributed by atoms with Crippen LogP contribution in [0.5, 0.6) is 11.5 Å². The number of benzene rings is 2. The number of aliphatic hydroxyl groups excluding tert-OH is 1. The molecule has 5 atom stereocenters. The Morgan fingerprint density at radius 3 is 1.89 bits per heavy atom. The van der Waals surface area contributed by atoms with Crippen molar-refractivity contribution in [2.24, 2.45) is 5.92 Å². The molecule has 14 heteroatoms. The first-order valence-electron chi connectivity index (χ1n) is 23.5. The molecule has 2 aromatic carbocycles. The number of hydrogen-bond acceptors (Lipinski definition) is 10. The molecule has 1 aliphatic heterocycles. The number of carbonyl (C=O) groups excluding carboxylic acids is 7. The van der Waals surface area contributed by atoms with Crippen LogP contribution < -0.4 is 10.6 Å². The van der Waals surface area contributed by atoms with E-state index in [0.29, 0.717) is 12.0 Å². The van der Waals surface area contributed by atoms with Crippen molar-refractivity contribution in [2.45, 2.75) is 174 Å². The fraction of sp³-hybridized carbons (Fsp3) is 0.620. The van der Waals surface area contributed by atoms with Gasteiger partial charge in [-0.2, -0.15) is 0 Å². The Morgan fingerprint density at radius 2 is 1.31 bits per heavy atom. The summed E-state index contributed by atoms with van der Waals surface area (Å²) in [6.07, 6.45) is 14.8. The minimum absolute atomic E-state index is 0.117. The van der Waals surface area contributed by atoms with E-state index in [2.05, 4.69) is 17.6 Å². The van der Waals surface area contributed by atoms with Gasteiger partial charge in [0.25, 0.3) is 0 Å². The summed E-state index contributed by atoms with van der Waals surface area (Å²) >= 11 is 0. The van der Waals surface area contributed by atoms with Crippen molar-refractivity contribution < 1.29 is 48.9 Å². The van der Waals surface area contributed by atoms with Crippen molar-refractivity contribution in [1.82, 2.24) is 20.4 Å². The normalized spacial score (nSPS) is 17.4. The Bertz CT molecular complexity index is 1900. The van der Waals surface area contributed by atoms with Crippen LogP contribution in [-0.2, 0) is 40.0 Å². The summed E-state index contributed by atoms with van der Waals surface area (Å²) in [5.74, 6) is -4.61. The number of phenolic OH excluding ortho intramolecular Hbond substituents is 2. The number of fused-ring (bicyclic) bond motifs is 5. The van der Waals surface area contributed by atoms with Crippen LogP contribution >= 0.6 is 0 Å². The number of carbonyl (C=O) groups is 7. The number of nitrogens with one attached hydrogen (secondary N) is 2. The number of hydrogen-bond donors (Lipinski definition) is 5. The van der Waals surface area contributed by atoms with E-state index in [9.17, 15) is 48.9 Å². The van der Waals surface area contributed by atoms with Crippen LogP contribution in [0.3, 0.4) is 0 Å². The molecular formula is C50H74N4O10. The lowest BCUT2D eigenvalue weighted by atomic mass is 9.89. The zero-order chi connectivity index (χ0) is 47.3. The maximum Gasteiger partial charge on any atom is 0.245 e. The molecule has 14 nitrogen and oxygen atoms in total. The molecule has 0 radical (unpaired) electrons. The molecule has 5 N–H and O–H groups in total. The van der Waals surface area contributed by atoms with E-state index >= 15 is 0 Å². The number of ketones is 3. The second kappa shape index (κ2) is 27.3. The zero-order valence-corrected chi connectivity index (χ0v) is 39.1. The fourth-order valence-electron chi connectivity index (χ4n) is 8.22. The number of phenols is 2. The smallest absolute Gasteiger partial charge is 0.245 e. The van der Waals surface area contributed by atoms with Gasteiger partial charge in [0.15, 0.2) is 17.3 Å².